The number of aromatic nitrogens is 1. The molecule has 3 aromatic rings. The molecule has 3 rings (SSSR count). The second-order valence-electron chi connectivity index (χ2n) is 6.00. The number of benzene rings is 1. The van der Waals surface area contributed by atoms with Gasteiger partial charge in [-0.2, -0.15) is 5.10 Å². The molecule has 0 bridgehead atoms. The fourth-order valence-corrected chi connectivity index (χ4v) is 4.24. The first-order valence-corrected chi connectivity index (χ1v) is 10.5. The minimum absolute atomic E-state index is 0.201. The number of rotatable bonds is 7. The van der Waals surface area contributed by atoms with Gasteiger partial charge in [-0.05, 0) is 56.0 Å². The van der Waals surface area contributed by atoms with Crippen molar-refractivity contribution in [3.05, 3.63) is 51.5 Å². The Hall–Kier alpha value is -2.38. The predicted molar refractivity (Wildman–Crippen MR) is 113 cm³/mol. The van der Waals surface area contributed by atoms with Crippen molar-refractivity contribution in [1.29, 1.82) is 0 Å². The minimum Gasteiger partial charge on any atom is -0.493 e. The van der Waals surface area contributed by atoms with E-state index in [0.29, 0.717) is 12.4 Å². The summed E-state index contributed by atoms with van der Waals surface area (Å²) in [4.78, 5) is 6.74. The van der Waals surface area contributed by atoms with Crippen LogP contribution in [0.1, 0.15) is 26.3 Å². The third kappa shape index (κ3) is 4.67. The zero-order valence-corrected chi connectivity index (χ0v) is 17.5. The molecular weight excluding hydrogens is 378 g/mol. The Bertz CT molecular complexity index is 970. The van der Waals surface area contributed by atoms with Gasteiger partial charge in [0, 0.05) is 11.4 Å². The molecule has 5 nitrogen and oxygen atoms in total. The van der Waals surface area contributed by atoms with E-state index in [1.54, 1.807) is 29.8 Å². The topological polar surface area (TPSA) is 48.1 Å². The molecule has 0 unspecified atom stereocenters. The number of methoxy groups -OCH3 is 1. The lowest BCUT2D eigenvalue weighted by Crippen LogP contribution is -2.14. The van der Waals surface area contributed by atoms with Crippen LogP contribution in [0.25, 0.3) is 10.6 Å². The maximum atomic E-state index is 5.58. The monoisotopic (exact) mass is 401 g/mol. The van der Waals surface area contributed by atoms with E-state index in [1.165, 1.54) is 0 Å². The van der Waals surface area contributed by atoms with E-state index in [1.807, 2.05) is 42.1 Å². The fraction of sp³-hybridized carbons (Fsp3) is 0.300. The molecule has 0 fully saturated rings. The van der Waals surface area contributed by atoms with Gasteiger partial charge in [0.15, 0.2) is 11.5 Å². The van der Waals surface area contributed by atoms with E-state index >= 15 is 0 Å². The highest BCUT2D eigenvalue weighted by molar-refractivity contribution is 7.14. The fourth-order valence-electron chi connectivity index (χ4n) is 2.48. The normalized spacial score (nSPS) is 12.3. The summed E-state index contributed by atoms with van der Waals surface area (Å²) < 4.78 is 12.9. The Morgan fingerprint density at radius 1 is 1.19 bits per heavy atom. The van der Waals surface area contributed by atoms with Crippen LogP contribution in [0.15, 0.2) is 51.2 Å². The summed E-state index contributed by atoms with van der Waals surface area (Å²) >= 11 is 3.29. The van der Waals surface area contributed by atoms with Crippen LogP contribution < -0.4 is 14.3 Å². The van der Waals surface area contributed by atoms with E-state index in [0.717, 1.165) is 26.7 Å². The van der Waals surface area contributed by atoms with Gasteiger partial charge in [-0.1, -0.05) is 6.07 Å². The summed E-state index contributed by atoms with van der Waals surface area (Å²) in [5.74, 6) is 1.43. The van der Waals surface area contributed by atoms with Gasteiger partial charge in [-0.3, -0.25) is 4.99 Å². The van der Waals surface area contributed by atoms with Gasteiger partial charge in [0.25, 0.3) is 0 Å². The molecular formula is C20H23N3O2S2. The lowest BCUT2D eigenvalue weighted by Gasteiger charge is -2.09. The molecule has 1 aromatic carbocycles. The average Bonchev–Trinajstić information content (AvgIpc) is 3.30. The third-order valence-electron chi connectivity index (χ3n) is 3.64. The van der Waals surface area contributed by atoms with Crippen LogP contribution in [0.2, 0.25) is 0 Å². The highest BCUT2D eigenvalue weighted by Crippen LogP contribution is 2.28. The highest BCUT2D eigenvalue weighted by atomic mass is 32.1. The molecule has 2 heterocycles. The van der Waals surface area contributed by atoms with Gasteiger partial charge in [0.2, 0.25) is 4.80 Å². The molecule has 0 saturated carbocycles. The molecule has 0 N–H and O–H groups in total. The lowest BCUT2D eigenvalue weighted by molar-refractivity contribution is 0.311. The van der Waals surface area contributed by atoms with Gasteiger partial charge in [-0.15, -0.1) is 22.7 Å². The molecule has 2 aromatic heterocycles. The van der Waals surface area contributed by atoms with Gasteiger partial charge < -0.3 is 9.47 Å². The van der Waals surface area contributed by atoms with Crippen molar-refractivity contribution < 1.29 is 9.47 Å². The second kappa shape index (κ2) is 9.01. The van der Waals surface area contributed by atoms with Gasteiger partial charge in [0.1, 0.15) is 0 Å². The number of ether oxygens (including phenoxy) is 2. The number of thiophene rings is 1. The first-order chi connectivity index (χ1) is 13.1. The van der Waals surface area contributed by atoms with Crippen LogP contribution in [0.5, 0.6) is 11.5 Å². The van der Waals surface area contributed by atoms with Gasteiger partial charge in [-0.25, -0.2) is 4.68 Å². The van der Waals surface area contributed by atoms with Gasteiger partial charge in [0.05, 0.1) is 30.5 Å². The number of thiazole rings is 1. The lowest BCUT2D eigenvalue weighted by atomic mass is 10.2. The first-order valence-electron chi connectivity index (χ1n) is 8.75. The van der Waals surface area contributed by atoms with Crippen LogP contribution >= 0.6 is 22.7 Å². The van der Waals surface area contributed by atoms with Crippen LogP contribution in [-0.4, -0.2) is 30.6 Å². The summed E-state index contributed by atoms with van der Waals surface area (Å²) in [6.45, 7) is 6.68. The van der Waals surface area contributed by atoms with Crippen molar-refractivity contribution in [2.24, 2.45) is 10.1 Å². The minimum atomic E-state index is 0.201. The van der Waals surface area contributed by atoms with Crippen molar-refractivity contribution in [2.75, 3.05) is 13.7 Å². The van der Waals surface area contributed by atoms with E-state index in [2.05, 4.69) is 30.7 Å². The summed E-state index contributed by atoms with van der Waals surface area (Å²) in [6.07, 6.45) is 1.82. The third-order valence-corrected chi connectivity index (χ3v) is 5.36. The maximum absolute atomic E-state index is 5.58. The summed E-state index contributed by atoms with van der Waals surface area (Å²) in [5, 5.41) is 8.88. The average molecular weight is 402 g/mol. The van der Waals surface area contributed by atoms with Crippen LogP contribution in [0.3, 0.4) is 0 Å². The molecule has 142 valence electrons. The van der Waals surface area contributed by atoms with E-state index < -0.39 is 0 Å². The van der Waals surface area contributed by atoms with Crippen molar-refractivity contribution in [3.63, 3.8) is 0 Å². The highest BCUT2D eigenvalue weighted by Gasteiger charge is 2.09. The van der Waals surface area contributed by atoms with Crippen molar-refractivity contribution >= 4 is 28.9 Å². The molecule has 0 aliphatic rings. The molecule has 7 heteroatoms. The van der Waals surface area contributed by atoms with Crippen molar-refractivity contribution in [2.45, 2.75) is 26.8 Å². The smallest absolute Gasteiger partial charge is 0.206 e. The van der Waals surface area contributed by atoms with Crippen LogP contribution in [0.4, 0.5) is 0 Å². The standard InChI is InChI=1S/C20H23N3O2S2/c1-5-25-17-9-8-15(11-18(17)24-4)12-21-23-16(19-7-6-10-26-19)13-27-20(23)22-14(2)3/h6-14H,5H2,1-4H3. The summed E-state index contributed by atoms with van der Waals surface area (Å²) in [6, 6.07) is 10.1. The Labute approximate surface area is 167 Å². The number of hydrogen-bond donors (Lipinski definition) is 0. The SMILES string of the molecule is CCOc1ccc(C=Nn2c(-c3cccs3)csc2=NC(C)C)cc1OC. The molecule has 27 heavy (non-hydrogen) atoms. The Balaban J connectivity index is 2.00. The number of nitrogens with zero attached hydrogens (tertiary/aromatic N) is 3. The van der Waals surface area contributed by atoms with Gasteiger partial charge >= 0.3 is 0 Å². The summed E-state index contributed by atoms with van der Waals surface area (Å²) in [7, 11) is 1.64. The van der Waals surface area contributed by atoms with Crippen molar-refractivity contribution in [3.8, 4) is 22.1 Å². The molecule has 0 aliphatic carbocycles. The molecule has 0 atom stereocenters. The predicted octanol–water partition coefficient (Wildman–Crippen LogP) is 4.88. The van der Waals surface area contributed by atoms with E-state index in [-0.39, 0.29) is 6.04 Å². The molecule has 0 amide bonds. The number of hydrogen-bond acceptors (Lipinski definition) is 6. The van der Waals surface area contributed by atoms with E-state index in [4.69, 9.17) is 19.6 Å². The molecule has 0 radical (unpaired) electrons. The zero-order valence-electron chi connectivity index (χ0n) is 15.9. The second-order valence-corrected chi connectivity index (χ2v) is 7.79. The Kier molecular flexibility index (Phi) is 6.47. The van der Waals surface area contributed by atoms with E-state index in [9.17, 15) is 0 Å². The van der Waals surface area contributed by atoms with Crippen LogP contribution in [-0.2, 0) is 0 Å². The largest absolute Gasteiger partial charge is 0.493 e. The maximum Gasteiger partial charge on any atom is 0.206 e. The Morgan fingerprint density at radius 3 is 2.70 bits per heavy atom. The molecule has 0 aliphatic heterocycles. The van der Waals surface area contributed by atoms with Crippen molar-refractivity contribution in [1.82, 2.24) is 4.68 Å². The molecule has 0 saturated heterocycles. The van der Waals surface area contributed by atoms with Crippen LogP contribution in [0, 0.1) is 0 Å². The summed E-state index contributed by atoms with van der Waals surface area (Å²) in [5.41, 5.74) is 1.98. The first kappa shape index (κ1) is 19.4. The quantitative estimate of drug-likeness (QED) is 0.530. The molecule has 0 spiro atoms. The Morgan fingerprint density at radius 2 is 2.04 bits per heavy atom. The zero-order chi connectivity index (χ0) is 19.2.